The lowest BCUT2D eigenvalue weighted by Gasteiger charge is -2.29. The van der Waals surface area contributed by atoms with Gasteiger partial charge in [-0.25, -0.2) is 0 Å². The molecule has 0 aliphatic heterocycles. The summed E-state index contributed by atoms with van der Waals surface area (Å²) in [6, 6.07) is 0.531. The van der Waals surface area contributed by atoms with Crippen LogP contribution in [0.3, 0.4) is 0 Å². The minimum Gasteiger partial charge on any atom is -0.341 e. The fourth-order valence-corrected chi connectivity index (χ4v) is 1.16. The Balaban J connectivity index is 5.18. The van der Waals surface area contributed by atoms with Gasteiger partial charge in [0.1, 0.15) is 0 Å². The van der Waals surface area contributed by atoms with Crippen LogP contribution in [0.25, 0.3) is 0 Å². The summed E-state index contributed by atoms with van der Waals surface area (Å²) < 4.78 is 73.5. The molecule has 0 bridgehead atoms. The van der Waals surface area contributed by atoms with Crippen LogP contribution >= 0.6 is 0 Å². The van der Waals surface area contributed by atoms with Crippen molar-refractivity contribution in [2.45, 2.75) is 31.7 Å². The Morgan fingerprint density at radius 1 is 1.22 bits per heavy atom. The van der Waals surface area contributed by atoms with Crippen molar-refractivity contribution in [2.75, 3.05) is 7.05 Å². The average Bonchev–Trinajstić information content (AvgIpc) is 2.12. The molecule has 0 aromatic carbocycles. The third-order valence-corrected chi connectivity index (χ3v) is 2.30. The summed E-state index contributed by atoms with van der Waals surface area (Å²) in [5.74, 6) is -6.17. The average molecular weight is 276 g/mol. The number of alkyl halides is 6. The molecule has 0 aromatic rings. The first-order valence-electron chi connectivity index (χ1n) is 4.70. The van der Waals surface area contributed by atoms with E-state index in [2.05, 4.69) is 0 Å². The molecule has 3 nitrogen and oxygen atoms in total. The lowest BCUT2D eigenvalue weighted by Crippen LogP contribution is -2.50. The molecule has 0 fully saturated rings. The lowest BCUT2D eigenvalue weighted by atomic mass is 10.1. The topological polar surface area (TPSA) is 44.1 Å². The van der Waals surface area contributed by atoms with Crippen LogP contribution in [0.1, 0.15) is 13.3 Å². The highest BCUT2D eigenvalue weighted by atomic mass is 19.4. The van der Waals surface area contributed by atoms with Gasteiger partial charge in [-0.05, 0) is 6.92 Å². The summed E-state index contributed by atoms with van der Waals surface area (Å²) in [7, 11) is 0.800. The first kappa shape index (κ1) is 16.5. The molecule has 1 atom stereocenters. The Kier molecular flexibility index (Phi) is 5.01. The normalized spacial score (nSPS) is 14.2. The van der Waals surface area contributed by atoms with Gasteiger partial charge in [0, 0.05) is 13.1 Å². The van der Waals surface area contributed by atoms with Crippen LogP contribution in [-0.4, -0.2) is 36.2 Å². The molecule has 0 radical (unpaired) electrons. The maximum absolute atomic E-state index is 12.2. The van der Waals surface area contributed by atoms with Crippen molar-refractivity contribution in [3.63, 3.8) is 0 Å². The van der Waals surface area contributed by atoms with Gasteiger partial charge in [0.05, 0.1) is 12.5 Å². The Bertz CT molecular complexity index is 328. The number of nitrogens with zero attached hydrogens (tertiary/aromatic N) is 2. The van der Waals surface area contributed by atoms with E-state index in [1.165, 1.54) is 6.92 Å². The van der Waals surface area contributed by atoms with Crippen molar-refractivity contribution in [1.29, 1.82) is 5.26 Å². The minimum atomic E-state index is -5.71. The van der Waals surface area contributed by atoms with Gasteiger partial charge >= 0.3 is 12.4 Å². The molecule has 0 spiro atoms. The first-order chi connectivity index (χ1) is 7.92. The molecule has 0 aliphatic carbocycles. The highest BCUT2D eigenvalue weighted by Crippen LogP contribution is 2.40. The van der Waals surface area contributed by atoms with Gasteiger partial charge in [-0.1, -0.05) is 0 Å². The second kappa shape index (κ2) is 5.46. The molecule has 1 unspecified atom stereocenters. The molecule has 104 valence electrons. The maximum atomic E-state index is 12.2. The summed E-state index contributed by atoms with van der Waals surface area (Å²) >= 11 is 0. The van der Waals surface area contributed by atoms with Gasteiger partial charge in [0.25, 0.3) is 0 Å². The number of rotatable bonds is 3. The largest absolute Gasteiger partial charge is 0.409 e. The SMILES string of the molecule is CC(CC#N)N(C)C(=O)C(C(F)(F)F)C(F)(F)F. The van der Waals surface area contributed by atoms with Crippen molar-refractivity contribution in [3.05, 3.63) is 0 Å². The summed E-state index contributed by atoms with van der Waals surface area (Å²) in [4.78, 5) is 11.5. The molecule has 0 aliphatic rings. The van der Waals surface area contributed by atoms with Crippen LogP contribution in [0, 0.1) is 17.2 Å². The molecular formula is C9H10F6N2O. The zero-order valence-corrected chi connectivity index (χ0v) is 9.43. The molecule has 0 aromatic heterocycles. The highest BCUT2D eigenvalue weighted by Gasteiger charge is 2.62. The lowest BCUT2D eigenvalue weighted by molar-refractivity contribution is -0.277. The Hall–Kier alpha value is -1.46. The third-order valence-electron chi connectivity index (χ3n) is 2.30. The second-order valence-electron chi connectivity index (χ2n) is 3.68. The molecule has 0 saturated heterocycles. The van der Waals surface area contributed by atoms with E-state index in [1.807, 2.05) is 0 Å². The number of hydrogen-bond donors (Lipinski definition) is 0. The molecule has 18 heavy (non-hydrogen) atoms. The van der Waals surface area contributed by atoms with Crippen molar-refractivity contribution in [3.8, 4) is 6.07 Å². The second-order valence-corrected chi connectivity index (χ2v) is 3.68. The molecule has 0 rings (SSSR count). The summed E-state index contributed by atoms with van der Waals surface area (Å²) in [6.07, 6.45) is -11.8. The quantitative estimate of drug-likeness (QED) is 0.743. The van der Waals surface area contributed by atoms with Crippen LogP contribution in [0.4, 0.5) is 26.3 Å². The summed E-state index contributed by atoms with van der Waals surface area (Å²) in [5.41, 5.74) is 0. The number of hydrogen-bond acceptors (Lipinski definition) is 2. The van der Waals surface area contributed by atoms with E-state index >= 15 is 0 Å². The number of carbonyl (C=O) groups is 1. The van der Waals surface area contributed by atoms with Crippen LogP contribution in [0.15, 0.2) is 0 Å². The third kappa shape index (κ3) is 4.09. The first-order valence-corrected chi connectivity index (χ1v) is 4.70. The van der Waals surface area contributed by atoms with Gasteiger partial charge in [0.2, 0.25) is 11.8 Å². The van der Waals surface area contributed by atoms with Gasteiger partial charge in [0.15, 0.2) is 0 Å². The summed E-state index contributed by atoms with van der Waals surface area (Å²) in [5, 5.41) is 8.29. The highest BCUT2D eigenvalue weighted by molar-refractivity contribution is 5.80. The number of halogens is 6. The van der Waals surface area contributed by atoms with Crippen LogP contribution in [0.2, 0.25) is 0 Å². The van der Waals surface area contributed by atoms with E-state index in [9.17, 15) is 31.1 Å². The fraction of sp³-hybridized carbons (Fsp3) is 0.778. The van der Waals surface area contributed by atoms with Crippen molar-refractivity contribution in [2.24, 2.45) is 5.92 Å². The molecule has 9 heteroatoms. The van der Waals surface area contributed by atoms with Gasteiger partial charge in [-0.3, -0.25) is 4.79 Å². The minimum absolute atomic E-state index is 0.287. The van der Waals surface area contributed by atoms with Crippen LogP contribution in [-0.2, 0) is 4.79 Å². The van der Waals surface area contributed by atoms with Gasteiger partial charge in [-0.2, -0.15) is 31.6 Å². The smallest absolute Gasteiger partial charge is 0.341 e. The van der Waals surface area contributed by atoms with E-state index < -0.39 is 30.2 Å². The Labute approximate surface area is 99.0 Å². The zero-order chi connectivity index (χ0) is 14.7. The molecule has 0 heterocycles. The Morgan fingerprint density at radius 3 is 1.89 bits per heavy atom. The fourth-order valence-electron chi connectivity index (χ4n) is 1.16. The van der Waals surface area contributed by atoms with Crippen LogP contribution in [0.5, 0.6) is 0 Å². The van der Waals surface area contributed by atoms with E-state index in [-0.39, 0.29) is 11.3 Å². The number of carbonyl (C=O) groups excluding carboxylic acids is 1. The Morgan fingerprint density at radius 2 is 1.61 bits per heavy atom. The predicted octanol–water partition coefficient (Wildman–Crippen LogP) is 2.49. The van der Waals surface area contributed by atoms with E-state index in [0.29, 0.717) is 0 Å². The van der Waals surface area contributed by atoms with Crippen LogP contribution < -0.4 is 0 Å². The molecule has 0 saturated carbocycles. The standard InChI is InChI=1S/C9H10F6N2O/c1-5(3-4-16)17(2)7(18)6(8(10,11)12)9(13,14)15/h5-6H,3H2,1-2H3. The van der Waals surface area contributed by atoms with Gasteiger partial charge < -0.3 is 4.90 Å². The monoisotopic (exact) mass is 276 g/mol. The predicted molar refractivity (Wildman–Crippen MR) is 48.1 cm³/mol. The van der Waals surface area contributed by atoms with Crippen molar-refractivity contribution < 1.29 is 31.1 Å². The number of amides is 1. The summed E-state index contributed by atoms with van der Waals surface area (Å²) in [6.45, 7) is 1.19. The van der Waals surface area contributed by atoms with Crippen molar-refractivity contribution >= 4 is 5.91 Å². The zero-order valence-electron chi connectivity index (χ0n) is 9.43. The number of nitriles is 1. The van der Waals surface area contributed by atoms with Crippen molar-refractivity contribution in [1.82, 2.24) is 4.90 Å². The molecule has 0 N–H and O–H groups in total. The van der Waals surface area contributed by atoms with E-state index in [1.54, 1.807) is 6.07 Å². The molecule has 1 amide bonds. The molecular weight excluding hydrogens is 266 g/mol. The van der Waals surface area contributed by atoms with E-state index in [0.717, 1.165) is 7.05 Å². The maximum Gasteiger partial charge on any atom is 0.409 e. The van der Waals surface area contributed by atoms with E-state index in [4.69, 9.17) is 5.26 Å². The van der Waals surface area contributed by atoms with Gasteiger partial charge in [-0.15, -0.1) is 0 Å².